The van der Waals surface area contributed by atoms with E-state index >= 15 is 0 Å². The third-order valence-corrected chi connectivity index (χ3v) is 6.00. The summed E-state index contributed by atoms with van der Waals surface area (Å²) in [6.45, 7) is 4.50. The molecule has 0 atom stereocenters. The molecular weight excluding hydrogens is 360 g/mol. The van der Waals surface area contributed by atoms with Crippen molar-refractivity contribution in [3.8, 4) is 0 Å². The van der Waals surface area contributed by atoms with Crippen LogP contribution in [0.3, 0.4) is 0 Å². The van der Waals surface area contributed by atoms with E-state index in [1.807, 2.05) is 50.2 Å². The summed E-state index contributed by atoms with van der Waals surface area (Å²) in [7, 11) is 0. The highest BCUT2D eigenvalue weighted by Crippen LogP contribution is 2.40. The molecule has 5 heteroatoms. The van der Waals surface area contributed by atoms with Gasteiger partial charge in [-0.2, -0.15) is 0 Å². The van der Waals surface area contributed by atoms with E-state index in [0.29, 0.717) is 24.4 Å². The number of hydrogen-bond acceptors (Lipinski definition) is 2. The van der Waals surface area contributed by atoms with E-state index < -0.39 is 5.54 Å². The lowest BCUT2D eigenvalue weighted by Crippen LogP contribution is -2.69. The molecule has 0 aromatic heterocycles. The monoisotopic (exact) mass is 382 g/mol. The molecular formula is C22H23ClN2O2. The van der Waals surface area contributed by atoms with Crippen molar-refractivity contribution in [2.75, 3.05) is 6.54 Å². The number of carbonyl (C=O) groups is 2. The topological polar surface area (TPSA) is 40.6 Å². The van der Waals surface area contributed by atoms with Crippen molar-refractivity contribution in [2.24, 2.45) is 0 Å². The molecule has 1 heterocycles. The van der Waals surface area contributed by atoms with Crippen molar-refractivity contribution in [1.82, 2.24) is 9.80 Å². The van der Waals surface area contributed by atoms with E-state index in [4.69, 9.17) is 11.6 Å². The summed E-state index contributed by atoms with van der Waals surface area (Å²) in [6.07, 6.45) is 1.15. The fourth-order valence-electron chi connectivity index (χ4n) is 4.29. The molecule has 0 unspecified atom stereocenters. The van der Waals surface area contributed by atoms with Gasteiger partial charge in [0.25, 0.3) is 0 Å². The third-order valence-electron chi connectivity index (χ3n) is 5.74. The largest absolute Gasteiger partial charge is 0.329 e. The summed E-state index contributed by atoms with van der Waals surface area (Å²) >= 11 is 6.00. The van der Waals surface area contributed by atoms with E-state index in [2.05, 4.69) is 12.1 Å². The number of piperazine rings is 1. The number of halogens is 1. The lowest BCUT2D eigenvalue weighted by molar-refractivity contribution is -0.167. The van der Waals surface area contributed by atoms with Gasteiger partial charge in [0.05, 0.1) is 0 Å². The second kappa shape index (κ2) is 6.68. The zero-order chi connectivity index (χ0) is 19.2. The molecule has 2 aromatic rings. The molecule has 1 aliphatic heterocycles. The predicted octanol–water partition coefficient (Wildman–Crippen LogP) is 3.46. The maximum atomic E-state index is 13.6. The molecule has 2 aliphatic rings. The number of fused-ring (bicyclic) bond motifs is 1. The highest BCUT2D eigenvalue weighted by atomic mass is 35.5. The first-order chi connectivity index (χ1) is 12.9. The van der Waals surface area contributed by atoms with Crippen LogP contribution in [0.1, 0.15) is 30.5 Å². The van der Waals surface area contributed by atoms with Gasteiger partial charge >= 0.3 is 0 Å². The molecule has 1 aliphatic carbocycles. The van der Waals surface area contributed by atoms with Crippen LogP contribution < -0.4 is 0 Å². The first kappa shape index (κ1) is 18.1. The molecule has 27 heavy (non-hydrogen) atoms. The molecule has 2 amide bonds. The van der Waals surface area contributed by atoms with Crippen LogP contribution in [0, 0.1) is 0 Å². The fraction of sp³-hybridized carbons (Fsp3) is 0.364. The molecule has 1 spiro atoms. The van der Waals surface area contributed by atoms with E-state index in [-0.39, 0.29) is 24.4 Å². The highest BCUT2D eigenvalue weighted by molar-refractivity contribution is 6.30. The van der Waals surface area contributed by atoms with Gasteiger partial charge in [0.2, 0.25) is 11.8 Å². The van der Waals surface area contributed by atoms with Crippen molar-refractivity contribution in [2.45, 2.75) is 44.8 Å². The van der Waals surface area contributed by atoms with Crippen molar-refractivity contribution >= 4 is 23.4 Å². The summed E-state index contributed by atoms with van der Waals surface area (Å²) < 4.78 is 0. The minimum atomic E-state index is -0.830. The Bertz CT molecular complexity index is 866. The fourth-order valence-corrected chi connectivity index (χ4v) is 4.42. The Kier molecular flexibility index (Phi) is 4.47. The summed E-state index contributed by atoms with van der Waals surface area (Å²) in [5.41, 5.74) is 2.47. The van der Waals surface area contributed by atoms with Crippen molar-refractivity contribution in [3.05, 3.63) is 70.2 Å². The van der Waals surface area contributed by atoms with Gasteiger partial charge in [-0.3, -0.25) is 9.59 Å². The van der Waals surface area contributed by atoms with Gasteiger partial charge < -0.3 is 9.80 Å². The molecule has 4 nitrogen and oxygen atoms in total. The molecule has 1 fully saturated rings. The van der Waals surface area contributed by atoms with Gasteiger partial charge in [-0.1, -0.05) is 48.0 Å². The van der Waals surface area contributed by atoms with Crippen LogP contribution in [0.15, 0.2) is 48.5 Å². The molecule has 0 N–H and O–H groups in total. The lowest BCUT2D eigenvalue weighted by Gasteiger charge is -2.48. The Morgan fingerprint density at radius 3 is 2.15 bits per heavy atom. The Hall–Kier alpha value is -2.33. The van der Waals surface area contributed by atoms with Crippen LogP contribution in [-0.4, -0.2) is 39.7 Å². The Morgan fingerprint density at radius 1 is 1.00 bits per heavy atom. The SMILES string of the molecule is CC(C)N1CC(=O)N(Cc2ccc(Cl)cc2)C2(Cc3ccccc3C2)C1=O. The summed E-state index contributed by atoms with van der Waals surface area (Å²) in [6, 6.07) is 15.6. The number of carbonyl (C=O) groups excluding carboxylic acids is 2. The maximum absolute atomic E-state index is 13.6. The predicted molar refractivity (Wildman–Crippen MR) is 105 cm³/mol. The molecule has 0 radical (unpaired) electrons. The third kappa shape index (κ3) is 3.02. The van der Waals surface area contributed by atoms with Gasteiger partial charge in [-0.05, 0) is 42.7 Å². The summed E-state index contributed by atoms with van der Waals surface area (Å²) in [4.78, 5) is 30.2. The Morgan fingerprint density at radius 2 is 1.59 bits per heavy atom. The molecule has 140 valence electrons. The number of hydrogen-bond donors (Lipinski definition) is 0. The minimum absolute atomic E-state index is 0.000260. The van der Waals surface area contributed by atoms with Crippen LogP contribution in [-0.2, 0) is 29.0 Å². The van der Waals surface area contributed by atoms with Crippen LogP contribution in [0.4, 0.5) is 0 Å². The maximum Gasteiger partial charge on any atom is 0.249 e. The normalized spacial score (nSPS) is 18.5. The quantitative estimate of drug-likeness (QED) is 0.815. The van der Waals surface area contributed by atoms with E-state index in [0.717, 1.165) is 16.7 Å². The lowest BCUT2D eigenvalue weighted by atomic mass is 9.87. The molecule has 4 rings (SSSR count). The van der Waals surface area contributed by atoms with Gasteiger partial charge in [-0.15, -0.1) is 0 Å². The van der Waals surface area contributed by atoms with Gasteiger partial charge in [0, 0.05) is 30.5 Å². The average Bonchev–Trinajstić information content (AvgIpc) is 3.03. The number of benzene rings is 2. The van der Waals surface area contributed by atoms with Crippen LogP contribution in [0.5, 0.6) is 0 Å². The standard InChI is InChI=1S/C22H23ClN2O2/c1-15(2)24-14-20(26)25(13-16-7-9-19(23)10-8-16)22(21(24)27)11-17-5-3-4-6-18(17)12-22/h3-10,15H,11-14H2,1-2H3. The van der Waals surface area contributed by atoms with E-state index in [1.165, 1.54) is 0 Å². The number of amides is 2. The molecule has 1 saturated heterocycles. The van der Waals surface area contributed by atoms with Crippen molar-refractivity contribution in [1.29, 1.82) is 0 Å². The van der Waals surface area contributed by atoms with Crippen LogP contribution in [0.2, 0.25) is 5.02 Å². The van der Waals surface area contributed by atoms with E-state index in [9.17, 15) is 9.59 Å². The second-order valence-electron chi connectivity index (χ2n) is 7.79. The van der Waals surface area contributed by atoms with Crippen LogP contribution in [0.25, 0.3) is 0 Å². The van der Waals surface area contributed by atoms with E-state index in [1.54, 1.807) is 9.80 Å². The number of nitrogens with zero attached hydrogens (tertiary/aromatic N) is 2. The first-order valence-corrected chi connectivity index (χ1v) is 9.71. The van der Waals surface area contributed by atoms with Gasteiger partial charge in [0.15, 0.2) is 0 Å². The van der Waals surface area contributed by atoms with Crippen LogP contribution >= 0.6 is 11.6 Å². The highest BCUT2D eigenvalue weighted by Gasteiger charge is 2.55. The zero-order valence-electron chi connectivity index (χ0n) is 15.6. The first-order valence-electron chi connectivity index (χ1n) is 9.33. The number of rotatable bonds is 3. The Balaban J connectivity index is 1.75. The molecule has 0 saturated carbocycles. The molecule has 2 aromatic carbocycles. The second-order valence-corrected chi connectivity index (χ2v) is 8.22. The van der Waals surface area contributed by atoms with Gasteiger partial charge in [0.1, 0.15) is 12.1 Å². The zero-order valence-corrected chi connectivity index (χ0v) is 16.4. The van der Waals surface area contributed by atoms with Gasteiger partial charge in [-0.25, -0.2) is 0 Å². The average molecular weight is 383 g/mol. The minimum Gasteiger partial charge on any atom is -0.329 e. The van der Waals surface area contributed by atoms with Crippen molar-refractivity contribution < 1.29 is 9.59 Å². The summed E-state index contributed by atoms with van der Waals surface area (Å²) in [5, 5.41) is 0.661. The smallest absolute Gasteiger partial charge is 0.249 e. The Labute approximate surface area is 164 Å². The summed E-state index contributed by atoms with van der Waals surface area (Å²) in [5.74, 6) is 0.0633. The van der Waals surface area contributed by atoms with Crippen molar-refractivity contribution in [3.63, 3.8) is 0 Å². The molecule has 0 bridgehead atoms.